The van der Waals surface area contributed by atoms with Crippen LogP contribution in [0.4, 0.5) is 0 Å². The van der Waals surface area contributed by atoms with Gasteiger partial charge >= 0.3 is 5.97 Å². The number of ether oxygens (including phenoxy) is 1. The second-order valence-electron chi connectivity index (χ2n) is 15.0. The molecule has 5 heteroatoms. The number of methoxy groups -OCH3 is 1. The van der Waals surface area contributed by atoms with Crippen molar-refractivity contribution in [1.29, 1.82) is 5.26 Å². The Morgan fingerprint density at radius 2 is 1.63 bits per heavy atom. The van der Waals surface area contributed by atoms with Gasteiger partial charge in [-0.25, -0.2) is 0 Å². The molecule has 4 fully saturated rings. The topological polar surface area (TPSA) is 84.2 Å². The smallest absolute Gasteiger partial charge is 0.312 e. The summed E-state index contributed by atoms with van der Waals surface area (Å²) in [6, 6.07) is 2.31. The number of rotatable bonds is 1. The monoisotopic (exact) mass is 567 g/mol. The van der Waals surface area contributed by atoms with E-state index in [0.29, 0.717) is 12.3 Å². The second kappa shape index (κ2) is 11.6. The molecule has 41 heavy (non-hydrogen) atoms. The molecule has 8 unspecified atom stereocenters. The molecule has 9 atom stereocenters. The number of carbonyl (C=O) groups excluding carboxylic acids is 3. The molecular weight excluding hydrogens is 510 g/mol. The highest BCUT2D eigenvalue weighted by atomic mass is 16.5. The van der Waals surface area contributed by atoms with Crippen molar-refractivity contribution >= 4 is 17.5 Å². The minimum atomic E-state index is -0.636. The van der Waals surface area contributed by atoms with Gasteiger partial charge in [-0.3, -0.25) is 14.4 Å². The van der Waals surface area contributed by atoms with Gasteiger partial charge in [0.05, 0.1) is 18.6 Å². The Bertz CT molecular complexity index is 1120. The van der Waals surface area contributed by atoms with Gasteiger partial charge in [-0.1, -0.05) is 81.2 Å². The number of nitrogens with zero attached hydrogens (tertiary/aromatic N) is 1. The maximum absolute atomic E-state index is 14.3. The van der Waals surface area contributed by atoms with Gasteiger partial charge in [-0.2, -0.15) is 5.26 Å². The number of esters is 1. The van der Waals surface area contributed by atoms with Crippen molar-refractivity contribution in [3.05, 3.63) is 11.6 Å². The van der Waals surface area contributed by atoms with Crippen LogP contribution in [0.15, 0.2) is 11.6 Å². The van der Waals surface area contributed by atoms with Gasteiger partial charge in [0.25, 0.3) is 0 Å². The summed E-state index contributed by atoms with van der Waals surface area (Å²) in [6.45, 7) is 21.4. The van der Waals surface area contributed by atoms with Gasteiger partial charge in [0.1, 0.15) is 5.92 Å². The van der Waals surface area contributed by atoms with Crippen LogP contribution in [-0.2, 0) is 19.1 Å². The molecule has 5 aliphatic carbocycles. The molecule has 0 spiro atoms. The average Bonchev–Trinajstić information content (AvgIpc) is 2.93. The van der Waals surface area contributed by atoms with Gasteiger partial charge < -0.3 is 4.74 Å². The average molecular weight is 568 g/mol. The van der Waals surface area contributed by atoms with E-state index in [1.807, 2.05) is 33.8 Å². The highest BCUT2D eigenvalue weighted by molar-refractivity contribution is 5.97. The molecule has 0 aromatic heterocycles. The third-order valence-corrected chi connectivity index (χ3v) is 12.6. The Morgan fingerprint density at radius 3 is 2.20 bits per heavy atom. The Labute approximate surface area is 250 Å². The Hall–Kier alpha value is -1.96. The van der Waals surface area contributed by atoms with Crippen LogP contribution in [0.2, 0.25) is 0 Å². The first-order valence-corrected chi connectivity index (χ1v) is 16.4. The third-order valence-electron chi connectivity index (χ3n) is 12.6. The molecule has 0 bridgehead atoms. The summed E-state index contributed by atoms with van der Waals surface area (Å²) in [5.74, 6) is -0.167. The molecule has 5 aliphatic rings. The van der Waals surface area contributed by atoms with Crippen LogP contribution in [-0.4, -0.2) is 24.6 Å². The highest BCUT2D eigenvalue weighted by Gasteiger charge is 2.71. The van der Waals surface area contributed by atoms with Gasteiger partial charge in [-0.15, -0.1) is 0 Å². The second-order valence-corrected chi connectivity index (χ2v) is 15.0. The zero-order chi connectivity index (χ0) is 31.2. The van der Waals surface area contributed by atoms with Crippen molar-refractivity contribution < 1.29 is 19.1 Å². The molecule has 5 nitrogen and oxygen atoms in total. The summed E-state index contributed by atoms with van der Waals surface area (Å²) in [7, 11) is 1.49. The lowest BCUT2D eigenvalue weighted by molar-refractivity contribution is -0.189. The lowest BCUT2D eigenvalue weighted by atomic mass is 9.34. The maximum atomic E-state index is 14.3. The van der Waals surface area contributed by atoms with Crippen LogP contribution < -0.4 is 0 Å². The third kappa shape index (κ3) is 4.65. The summed E-state index contributed by atoms with van der Waals surface area (Å²) in [4.78, 5) is 40.8. The highest BCUT2D eigenvalue weighted by Crippen LogP contribution is 2.74. The summed E-state index contributed by atoms with van der Waals surface area (Å²) in [5.41, 5.74) is -0.835. The van der Waals surface area contributed by atoms with Crippen LogP contribution >= 0.6 is 0 Å². The largest absolute Gasteiger partial charge is 0.469 e. The van der Waals surface area contributed by atoms with E-state index < -0.39 is 16.7 Å². The van der Waals surface area contributed by atoms with E-state index in [1.54, 1.807) is 0 Å². The van der Waals surface area contributed by atoms with Crippen LogP contribution in [0, 0.1) is 68.0 Å². The van der Waals surface area contributed by atoms with E-state index in [-0.39, 0.29) is 51.5 Å². The first kappa shape index (κ1) is 33.5. The van der Waals surface area contributed by atoms with Crippen molar-refractivity contribution in [2.24, 2.45) is 56.7 Å². The number of carbonyl (C=O) groups is 3. The first-order valence-electron chi connectivity index (χ1n) is 16.4. The standard InChI is InChI=1S/C31H43NO4.C3H8.C2H6/c1-18-8-11-31(26(35)36-7)13-12-30(6)24(20(31)14-18)21(33)15-23-28(4)16-19(17-32)25(34)27(2,3)22(28)9-10-29(23,30)5;1-3-2;1-2/h15,18-20,22,24H,8-14,16H2,1-7H3;3H2,1-2H3;1-2H3/t18?,19?,20?,22?,24?,28?,29?,30-,31?;;/m1../s1. The number of allylic oxidation sites excluding steroid dienone is 2. The molecule has 0 saturated heterocycles. The van der Waals surface area contributed by atoms with Gasteiger partial charge in [0.2, 0.25) is 0 Å². The number of fused-ring (bicyclic) bond motifs is 7. The minimum Gasteiger partial charge on any atom is -0.469 e. The van der Waals surface area contributed by atoms with E-state index >= 15 is 0 Å². The summed E-state index contributed by atoms with van der Waals surface area (Å²) < 4.78 is 5.38. The lowest BCUT2D eigenvalue weighted by Crippen LogP contribution is -2.66. The van der Waals surface area contributed by atoms with Gasteiger partial charge in [0.15, 0.2) is 11.6 Å². The predicted octanol–water partition coefficient (Wildman–Crippen LogP) is 8.51. The normalized spacial score (nSPS) is 44.0. The van der Waals surface area contributed by atoms with E-state index in [9.17, 15) is 19.6 Å². The van der Waals surface area contributed by atoms with E-state index in [0.717, 1.165) is 44.9 Å². The van der Waals surface area contributed by atoms with Crippen LogP contribution in [0.3, 0.4) is 0 Å². The van der Waals surface area contributed by atoms with Gasteiger partial charge in [-0.05, 0) is 91.4 Å². The van der Waals surface area contributed by atoms with E-state index in [2.05, 4.69) is 47.6 Å². The summed E-state index contributed by atoms with van der Waals surface area (Å²) in [6.07, 6.45) is 9.82. The van der Waals surface area contributed by atoms with Crippen LogP contribution in [0.25, 0.3) is 0 Å². The Morgan fingerprint density at radius 1 is 1.02 bits per heavy atom. The van der Waals surface area contributed by atoms with Crippen molar-refractivity contribution in [1.82, 2.24) is 0 Å². The fourth-order valence-corrected chi connectivity index (χ4v) is 10.5. The fourth-order valence-electron chi connectivity index (χ4n) is 10.5. The Balaban J connectivity index is 0.000000868. The molecule has 0 aliphatic heterocycles. The minimum absolute atomic E-state index is 0.00339. The van der Waals surface area contributed by atoms with E-state index in [1.165, 1.54) is 19.1 Å². The van der Waals surface area contributed by atoms with Crippen LogP contribution in [0.5, 0.6) is 0 Å². The van der Waals surface area contributed by atoms with Crippen molar-refractivity contribution in [3.63, 3.8) is 0 Å². The van der Waals surface area contributed by atoms with Crippen LogP contribution in [0.1, 0.15) is 127 Å². The Kier molecular flexibility index (Phi) is 9.50. The maximum Gasteiger partial charge on any atom is 0.312 e. The number of hydrogen-bond acceptors (Lipinski definition) is 5. The first-order chi connectivity index (χ1) is 19.1. The molecule has 5 rings (SSSR count). The fraction of sp³-hybridized carbons (Fsp3) is 0.833. The van der Waals surface area contributed by atoms with Gasteiger partial charge in [0, 0.05) is 11.3 Å². The quantitative estimate of drug-likeness (QED) is 0.297. The molecule has 0 radical (unpaired) electrons. The molecule has 230 valence electrons. The molecular formula is C36H57NO4. The molecule has 0 aromatic carbocycles. The predicted molar refractivity (Wildman–Crippen MR) is 164 cm³/mol. The van der Waals surface area contributed by atoms with Crippen molar-refractivity contribution in [2.75, 3.05) is 7.11 Å². The molecule has 0 N–H and O–H groups in total. The van der Waals surface area contributed by atoms with Crippen molar-refractivity contribution in [3.8, 4) is 6.07 Å². The SMILES string of the molecule is CC.CCC.COC(=O)C12CCC(C)CC1C1C(=O)C=C3C4(C)CC(C#N)C(=O)C(C)(C)C4CCC3(C)[C@]1(C)CC2. The molecule has 0 heterocycles. The summed E-state index contributed by atoms with van der Waals surface area (Å²) >= 11 is 0. The number of Topliss-reactive ketones (excluding diaryl/α,β-unsaturated/α-hetero) is 1. The number of hydrogen-bond donors (Lipinski definition) is 0. The molecule has 0 amide bonds. The number of ketones is 2. The van der Waals surface area contributed by atoms with Crippen molar-refractivity contribution in [2.45, 2.75) is 127 Å². The number of nitriles is 1. The zero-order valence-corrected chi connectivity index (χ0v) is 27.9. The zero-order valence-electron chi connectivity index (χ0n) is 27.9. The molecule has 0 aromatic rings. The lowest BCUT2D eigenvalue weighted by Gasteiger charge is -2.69. The summed E-state index contributed by atoms with van der Waals surface area (Å²) in [5, 5.41) is 9.91. The van der Waals surface area contributed by atoms with E-state index in [4.69, 9.17) is 4.74 Å². The molecule has 4 saturated carbocycles.